The lowest BCUT2D eigenvalue weighted by molar-refractivity contribution is -0.153. The second-order valence-electron chi connectivity index (χ2n) is 1.80. The van der Waals surface area contributed by atoms with Gasteiger partial charge in [0, 0.05) is 0 Å². The van der Waals surface area contributed by atoms with Crippen LogP contribution >= 0.6 is 0 Å². The van der Waals surface area contributed by atoms with Crippen molar-refractivity contribution in [1.29, 1.82) is 0 Å². The summed E-state index contributed by atoms with van der Waals surface area (Å²) < 4.78 is 0. The van der Waals surface area contributed by atoms with E-state index in [-0.39, 0.29) is 0 Å². The third kappa shape index (κ3) is 0.587. The van der Waals surface area contributed by atoms with Gasteiger partial charge in [-0.2, -0.15) is 0 Å². The van der Waals surface area contributed by atoms with Gasteiger partial charge in [0.05, 0.1) is 0 Å². The van der Waals surface area contributed by atoms with Gasteiger partial charge in [0.1, 0.15) is 0 Å². The van der Waals surface area contributed by atoms with E-state index in [0.717, 1.165) is 0 Å². The fourth-order valence-corrected chi connectivity index (χ4v) is 0.327. The molecule has 0 unspecified atom stereocenters. The Morgan fingerprint density at radius 2 is 2.00 bits per heavy atom. The Bertz CT molecular complexity index is 104. The Hall–Kier alpha value is -0.570. The number of aliphatic carboxylic acids is 1. The van der Waals surface area contributed by atoms with E-state index in [9.17, 15) is 9.90 Å². The van der Waals surface area contributed by atoms with Gasteiger partial charge in [-0.25, -0.2) is 9.90 Å². The average Bonchev–Trinajstić information content (AvgIpc) is 2.21. The third-order valence-corrected chi connectivity index (χ3v) is 1.09. The second-order valence-corrected chi connectivity index (χ2v) is 1.80. The summed E-state index contributed by atoms with van der Waals surface area (Å²) in [6, 6.07) is 0. The Labute approximate surface area is 40.6 Å². The maximum absolute atomic E-state index is 10.3. The lowest BCUT2D eigenvalue weighted by Gasteiger charge is -1.90. The summed E-state index contributed by atoms with van der Waals surface area (Å²) in [5.74, 6) is -1.20. The van der Waals surface area contributed by atoms with Crippen LogP contribution in [0.1, 0.15) is 12.8 Å². The highest BCUT2D eigenvalue weighted by atomic mass is 16.4. The van der Waals surface area contributed by atoms with Crippen LogP contribution in [0.25, 0.3) is 0 Å². The van der Waals surface area contributed by atoms with Gasteiger partial charge in [0.2, 0.25) is 0 Å². The summed E-state index contributed by atoms with van der Waals surface area (Å²) in [6.45, 7) is 0. The molecule has 1 aliphatic carbocycles. The zero-order valence-electron chi connectivity index (χ0n) is 3.68. The van der Waals surface area contributed by atoms with Crippen LogP contribution in [-0.2, 0) is 9.90 Å². The summed E-state index contributed by atoms with van der Waals surface area (Å²) >= 11 is 0. The largest absolute Gasteiger partial charge is 0.479 e. The molecular formula is C4H5O3. The van der Waals surface area contributed by atoms with Crippen LogP contribution < -0.4 is 0 Å². The maximum Gasteiger partial charge on any atom is 0.339 e. The van der Waals surface area contributed by atoms with Gasteiger partial charge < -0.3 is 5.11 Å². The smallest absolute Gasteiger partial charge is 0.339 e. The van der Waals surface area contributed by atoms with Gasteiger partial charge in [-0.1, -0.05) is 0 Å². The Morgan fingerprint density at radius 3 is 2.00 bits per heavy atom. The molecule has 0 heterocycles. The van der Waals surface area contributed by atoms with Crippen LogP contribution in [0, 0.1) is 0 Å². The molecule has 0 amide bonds. The molecule has 1 radical (unpaired) electrons. The van der Waals surface area contributed by atoms with Gasteiger partial charge in [0.25, 0.3) is 0 Å². The van der Waals surface area contributed by atoms with Gasteiger partial charge in [0.15, 0.2) is 5.60 Å². The minimum Gasteiger partial charge on any atom is -0.479 e. The molecule has 1 N–H and O–H groups in total. The van der Waals surface area contributed by atoms with Crippen LogP contribution in [-0.4, -0.2) is 16.7 Å². The first kappa shape index (κ1) is 4.59. The van der Waals surface area contributed by atoms with E-state index in [1.807, 2.05) is 0 Å². The lowest BCUT2D eigenvalue weighted by atomic mass is 10.4. The van der Waals surface area contributed by atoms with Gasteiger partial charge >= 0.3 is 5.97 Å². The molecule has 0 saturated heterocycles. The molecule has 0 aromatic heterocycles. The third-order valence-electron chi connectivity index (χ3n) is 1.09. The molecule has 0 spiro atoms. The van der Waals surface area contributed by atoms with Crippen LogP contribution in [0.3, 0.4) is 0 Å². The van der Waals surface area contributed by atoms with Crippen molar-refractivity contribution in [2.45, 2.75) is 18.4 Å². The summed E-state index contributed by atoms with van der Waals surface area (Å²) in [6.07, 6.45) is 0.616. The molecule has 0 aliphatic heterocycles. The minimum absolute atomic E-state index is 0.308. The standard InChI is InChI=1S/C4H5O3/c5-3(6)4(7)1-2-4/h1-2H2,(H,5,6). The number of carboxylic acid groups (broad SMARTS) is 1. The van der Waals surface area contributed by atoms with E-state index in [0.29, 0.717) is 12.8 Å². The van der Waals surface area contributed by atoms with E-state index in [1.54, 1.807) is 0 Å². The zero-order chi connectivity index (χ0) is 5.49. The topological polar surface area (TPSA) is 57.2 Å². The highest BCUT2D eigenvalue weighted by molar-refractivity contribution is 5.80. The highest BCUT2D eigenvalue weighted by Gasteiger charge is 2.50. The second kappa shape index (κ2) is 0.980. The lowest BCUT2D eigenvalue weighted by Crippen LogP contribution is -2.18. The summed E-state index contributed by atoms with van der Waals surface area (Å²) in [7, 11) is 0. The zero-order valence-corrected chi connectivity index (χ0v) is 3.68. The van der Waals surface area contributed by atoms with Crippen molar-refractivity contribution < 1.29 is 15.0 Å². The summed E-state index contributed by atoms with van der Waals surface area (Å²) in [5.41, 5.74) is -1.58. The molecule has 3 heteroatoms. The highest BCUT2D eigenvalue weighted by Crippen LogP contribution is 2.35. The number of hydrogen-bond acceptors (Lipinski definition) is 1. The fraction of sp³-hybridized carbons (Fsp3) is 0.750. The van der Waals surface area contributed by atoms with Crippen LogP contribution in [0.15, 0.2) is 0 Å². The molecule has 39 valence electrons. The molecular weight excluding hydrogens is 96.0 g/mol. The molecule has 1 aliphatic rings. The Morgan fingerprint density at radius 1 is 1.57 bits per heavy atom. The Balaban J connectivity index is 2.55. The van der Waals surface area contributed by atoms with Crippen molar-refractivity contribution in [2.24, 2.45) is 0 Å². The molecule has 1 saturated carbocycles. The van der Waals surface area contributed by atoms with E-state index < -0.39 is 11.6 Å². The fourth-order valence-electron chi connectivity index (χ4n) is 0.327. The number of rotatable bonds is 1. The first-order valence-corrected chi connectivity index (χ1v) is 2.09. The molecule has 0 aromatic rings. The monoisotopic (exact) mass is 101 g/mol. The first-order chi connectivity index (χ1) is 3.15. The van der Waals surface area contributed by atoms with E-state index in [4.69, 9.17) is 5.11 Å². The Kier molecular flexibility index (Phi) is 0.642. The summed E-state index contributed by atoms with van der Waals surface area (Å²) in [4.78, 5) is 9.77. The molecule has 0 aromatic carbocycles. The average molecular weight is 101 g/mol. The van der Waals surface area contributed by atoms with Crippen LogP contribution in [0.5, 0.6) is 0 Å². The predicted octanol–water partition coefficient (Wildman–Crippen LogP) is 0.0341. The van der Waals surface area contributed by atoms with Crippen molar-refractivity contribution in [3.05, 3.63) is 0 Å². The number of hydrogen-bond donors (Lipinski definition) is 1. The number of carboxylic acids is 1. The summed E-state index contributed by atoms with van der Waals surface area (Å²) in [5, 5.41) is 18.3. The van der Waals surface area contributed by atoms with E-state index in [1.165, 1.54) is 0 Å². The van der Waals surface area contributed by atoms with Gasteiger partial charge in [-0.05, 0) is 12.8 Å². The van der Waals surface area contributed by atoms with Crippen LogP contribution in [0.4, 0.5) is 0 Å². The van der Waals surface area contributed by atoms with Crippen molar-refractivity contribution >= 4 is 5.97 Å². The van der Waals surface area contributed by atoms with Gasteiger partial charge in [-0.3, -0.25) is 0 Å². The first-order valence-electron chi connectivity index (χ1n) is 2.09. The van der Waals surface area contributed by atoms with E-state index in [2.05, 4.69) is 0 Å². The normalized spacial score (nSPS) is 24.1. The maximum atomic E-state index is 10.3. The molecule has 1 fully saturated rings. The number of carbonyl (C=O) groups is 1. The van der Waals surface area contributed by atoms with Crippen molar-refractivity contribution in [2.75, 3.05) is 0 Å². The van der Waals surface area contributed by atoms with Gasteiger partial charge in [-0.15, -0.1) is 0 Å². The minimum atomic E-state index is -1.58. The molecule has 1 rings (SSSR count). The van der Waals surface area contributed by atoms with Crippen LogP contribution in [0.2, 0.25) is 0 Å². The molecule has 3 nitrogen and oxygen atoms in total. The van der Waals surface area contributed by atoms with Crippen molar-refractivity contribution in [1.82, 2.24) is 0 Å². The SMILES string of the molecule is [O]C1(C(=O)O)CC1. The molecule has 0 bridgehead atoms. The predicted molar refractivity (Wildman–Crippen MR) is 20.3 cm³/mol. The molecule has 0 atom stereocenters. The quantitative estimate of drug-likeness (QED) is 0.506. The van der Waals surface area contributed by atoms with Crippen molar-refractivity contribution in [3.63, 3.8) is 0 Å². The van der Waals surface area contributed by atoms with Crippen molar-refractivity contribution in [3.8, 4) is 0 Å². The molecule has 7 heavy (non-hydrogen) atoms. The van der Waals surface area contributed by atoms with E-state index >= 15 is 0 Å².